The van der Waals surface area contributed by atoms with E-state index in [1.807, 2.05) is 37.3 Å². The van der Waals surface area contributed by atoms with Crippen molar-refractivity contribution in [1.29, 1.82) is 0 Å². The number of nitrogens with zero attached hydrogens (tertiary/aromatic N) is 1. The Morgan fingerprint density at radius 3 is 2.68 bits per heavy atom. The monoisotopic (exact) mass is 378 g/mol. The Hall–Kier alpha value is -2.04. The van der Waals surface area contributed by atoms with Gasteiger partial charge in [-0.05, 0) is 50.1 Å². The van der Waals surface area contributed by atoms with Crippen LogP contribution in [-0.2, 0) is 4.79 Å². The topological polar surface area (TPSA) is 50.7 Å². The van der Waals surface area contributed by atoms with Crippen LogP contribution in [0.5, 0.6) is 5.75 Å². The molecule has 1 amide bonds. The van der Waals surface area contributed by atoms with Crippen LogP contribution in [0, 0.1) is 6.92 Å². The van der Waals surface area contributed by atoms with Crippen LogP contribution >= 0.6 is 23.2 Å². The molecule has 0 saturated carbocycles. The van der Waals surface area contributed by atoms with Gasteiger partial charge in [0, 0.05) is 22.0 Å². The zero-order valence-electron chi connectivity index (χ0n) is 14.2. The van der Waals surface area contributed by atoms with Crippen molar-refractivity contribution in [2.24, 2.45) is 5.10 Å². The van der Waals surface area contributed by atoms with Crippen LogP contribution in [0.4, 0.5) is 0 Å². The zero-order valence-corrected chi connectivity index (χ0v) is 15.7. The zero-order chi connectivity index (χ0) is 18.2. The molecule has 2 aromatic carbocycles. The summed E-state index contributed by atoms with van der Waals surface area (Å²) < 4.78 is 5.66. The van der Waals surface area contributed by atoms with Gasteiger partial charge in [0.1, 0.15) is 5.75 Å². The Morgan fingerprint density at radius 1 is 1.20 bits per heavy atom. The van der Waals surface area contributed by atoms with E-state index in [9.17, 15) is 4.79 Å². The molecule has 0 unspecified atom stereocenters. The molecule has 0 aliphatic heterocycles. The lowest BCUT2D eigenvalue weighted by molar-refractivity contribution is -0.121. The molecule has 6 heteroatoms. The van der Waals surface area contributed by atoms with Gasteiger partial charge in [-0.15, -0.1) is 0 Å². The number of ether oxygens (including phenoxy) is 1. The van der Waals surface area contributed by atoms with Crippen molar-refractivity contribution in [2.75, 3.05) is 6.61 Å². The molecule has 0 aliphatic carbocycles. The summed E-state index contributed by atoms with van der Waals surface area (Å²) in [6, 6.07) is 12.8. The van der Waals surface area contributed by atoms with Crippen molar-refractivity contribution in [1.82, 2.24) is 5.43 Å². The maximum absolute atomic E-state index is 11.9. The van der Waals surface area contributed by atoms with Gasteiger partial charge in [0.05, 0.1) is 12.3 Å². The van der Waals surface area contributed by atoms with Gasteiger partial charge in [0.25, 0.3) is 0 Å². The number of benzene rings is 2. The molecular weight excluding hydrogens is 359 g/mol. The second-order valence-electron chi connectivity index (χ2n) is 5.57. The van der Waals surface area contributed by atoms with Crippen LogP contribution in [0.15, 0.2) is 47.6 Å². The molecule has 0 aliphatic rings. The maximum atomic E-state index is 11.9. The highest BCUT2D eigenvalue weighted by Crippen LogP contribution is 2.22. The lowest BCUT2D eigenvalue weighted by Crippen LogP contribution is -2.19. The summed E-state index contributed by atoms with van der Waals surface area (Å²) in [4.78, 5) is 11.9. The standard InChI is InChI=1S/C19H20Cl2N2O2/c1-13-12-15(20)9-10-18(13)25-11-5-8-19(24)23-22-14(2)16-6-3-4-7-17(16)21/h3-4,6-7,9-10,12H,5,8,11H2,1-2H3,(H,23,24). The second-order valence-corrected chi connectivity index (χ2v) is 6.42. The fraction of sp³-hybridized carbons (Fsp3) is 0.263. The van der Waals surface area contributed by atoms with Crippen molar-refractivity contribution in [3.05, 3.63) is 63.6 Å². The highest BCUT2D eigenvalue weighted by Gasteiger charge is 2.05. The van der Waals surface area contributed by atoms with E-state index in [1.165, 1.54) is 0 Å². The van der Waals surface area contributed by atoms with Gasteiger partial charge in [-0.25, -0.2) is 5.43 Å². The fourth-order valence-corrected chi connectivity index (χ4v) is 2.71. The third-order valence-corrected chi connectivity index (χ3v) is 4.12. The van der Waals surface area contributed by atoms with E-state index in [1.54, 1.807) is 19.1 Å². The first-order valence-corrected chi connectivity index (χ1v) is 8.70. The summed E-state index contributed by atoms with van der Waals surface area (Å²) in [5.41, 5.74) is 4.97. The van der Waals surface area contributed by atoms with Crippen LogP contribution in [0.3, 0.4) is 0 Å². The predicted molar refractivity (Wildman–Crippen MR) is 103 cm³/mol. The molecule has 1 N–H and O–H groups in total. The van der Waals surface area contributed by atoms with Crippen molar-refractivity contribution >= 4 is 34.8 Å². The number of hydrogen-bond donors (Lipinski definition) is 1. The Morgan fingerprint density at radius 2 is 1.96 bits per heavy atom. The highest BCUT2D eigenvalue weighted by molar-refractivity contribution is 6.34. The summed E-state index contributed by atoms with van der Waals surface area (Å²) in [6.07, 6.45) is 0.917. The van der Waals surface area contributed by atoms with E-state index in [0.717, 1.165) is 16.9 Å². The van der Waals surface area contributed by atoms with Gasteiger partial charge >= 0.3 is 0 Å². The van der Waals surface area contributed by atoms with E-state index in [2.05, 4.69) is 10.5 Å². The molecule has 0 spiro atoms. The van der Waals surface area contributed by atoms with E-state index in [4.69, 9.17) is 27.9 Å². The normalized spacial score (nSPS) is 11.3. The van der Waals surface area contributed by atoms with Gasteiger partial charge < -0.3 is 4.74 Å². The molecule has 0 heterocycles. The Bertz CT molecular complexity index is 776. The van der Waals surface area contributed by atoms with Gasteiger partial charge in [0.15, 0.2) is 0 Å². The third-order valence-electron chi connectivity index (χ3n) is 3.55. The fourth-order valence-electron chi connectivity index (χ4n) is 2.21. The minimum atomic E-state index is -0.164. The van der Waals surface area contributed by atoms with Gasteiger partial charge in [-0.2, -0.15) is 5.10 Å². The van der Waals surface area contributed by atoms with Crippen LogP contribution in [0.25, 0.3) is 0 Å². The maximum Gasteiger partial charge on any atom is 0.240 e. The summed E-state index contributed by atoms with van der Waals surface area (Å²) in [5, 5.41) is 5.37. The summed E-state index contributed by atoms with van der Waals surface area (Å²) in [6.45, 7) is 4.18. The highest BCUT2D eigenvalue weighted by atomic mass is 35.5. The van der Waals surface area contributed by atoms with Crippen molar-refractivity contribution in [3.63, 3.8) is 0 Å². The molecule has 0 atom stereocenters. The molecule has 2 aromatic rings. The van der Waals surface area contributed by atoms with E-state index in [0.29, 0.717) is 35.2 Å². The van der Waals surface area contributed by atoms with Crippen LogP contribution in [0.1, 0.15) is 30.9 Å². The van der Waals surface area contributed by atoms with Crippen LogP contribution in [-0.4, -0.2) is 18.2 Å². The molecule has 0 aromatic heterocycles. The van der Waals surface area contributed by atoms with E-state index >= 15 is 0 Å². The number of aryl methyl sites for hydroxylation is 1. The minimum Gasteiger partial charge on any atom is -0.493 e. The minimum absolute atomic E-state index is 0.164. The first-order chi connectivity index (χ1) is 12.0. The van der Waals surface area contributed by atoms with Crippen molar-refractivity contribution in [2.45, 2.75) is 26.7 Å². The Balaban J connectivity index is 1.75. The average Bonchev–Trinajstić information content (AvgIpc) is 2.58. The molecule has 2 rings (SSSR count). The van der Waals surface area contributed by atoms with E-state index in [-0.39, 0.29) is 5.91 Å². The van der Waals surface area contributed by atoms with Gasteiger partial charge in [-0.1, -0.05) is 41.4 Å². The number of carbonyl (C=O) groups is 1. The predicted octanol–water partition coefficient (Wildman–Crippen LogP) is 5.00. The average molecular weight is 379 g/mol. The molecular formula is C19H20Cl2N2O2. The number of halogens is 2. The van der Waals surface area contributed by atoms with Gasteiger partial charge in [0.2, 0.25) is 5.91 Å². The lowest BCUT2D eigenvalue weighted by atomic mass is 10.1. The molecule has 4 nitrogen and oxygen atoms in total. The number of hydrazone groups is 1. The summed E-state index contributed by atoms with van der Waals surface area (Å²) >= 11 is 12.0. The number of hydrogen-bond acceptors (Lipinski definition) is 3. The molecule has 132 valence electrons. The first-order valence-electron chi connectivity index (χ1n) is 7.94. The van der Waals surface area contributed by atoms with E-state index < -0.39 is 0 Å². The summed E-state index contributed by atoms with van der Waals surface area (Å²) in [5.74, 6) is 0.611. The van der Waals surface area contributed by atoms with Gasteiger partial charge in [-0.3, -0.25) is 4.79 Å². The number of nitrogens with one attached hydrogen (secondary N) is 1. The quantitative estimate of drug-likeness (QED) is 0.418. The van der Waals surface area contributed by atoms with Crippen molar-refractivity contribution < 1.29 is 9.53 Å². The number of rotatable bonds is 7. The number of amides is 1. The van der Waals surface area contributed by atoms with Crippen molar-refractivity contribution in [3.8, 4) is 5.75 Å². The molecule has 0 bridgehead atoms. The van der Waals surface area contributed by atoms with Crippen LogP contribution < -0.4 is 10.2 Å². The first kappa shape index (κ1) is 19.3. The SMILES string of the molecule is CC(=NNC(=O)CCCOc1ccc(Cl)cc1C)c1ccccc1Cl. The number of carbonyl (C=O) groups excluding carboxylic acids is 1. The third kappa shape index (κ3) is 6.07. The second kappa shape index (κ2) is 9.44. The largest absolute Gasteiger partial charge is 0.493 e. The lowest BCUT2D eigenvalue weighted by Gasteiger charge is -2.09. The Labute approximate surface area is 157 Å². The summed E-state index contributed by atoms with van der Waals surface area (Å²) in [7, 11) is 0. The molecule has 0 radical (unpaired) electrons. The molecule has 0 saturated heterocycles. The Kier molecular flexibility index (Phi) is 7.29. The van der Waals surface area contributed by atoms with Crippen LogP contribution in [0.2, 0.25) is 10.0 Å². The smallest absolute Gasteiger partial charge is 0.240 e. The molecule has 0 fully saturated rings. The molecule has 25 heavy (non-hydrogen) atoms.